The summed E-state index contributed by atoms with van der Waals surface area (Å²) < 4.78 is 10.2. The molecule has 0 aromatic carbocycles. The molecule has 8 atom stereocenters. The van der Waals surface area contributed by atoms with Crippen LogP contribution in [0.15, 0.2) is 0 Å². The highest BCUT2D eigenvalue weighted by Crippen LogP contribution is 2.36. The van der Waals surface area contributed by atoms with Gasteiger partial charge in [0, 0.05) is 18.8 Å². The van der Waals surface area contributed by atoms with E-state index in [1.54, 1.807) is 0 Å². The van der Waals surface area contributed by atoms with E-state index in [2.05, 4.69) is 6.92 Å². The fourth-order valence-corrected chi connectivity index (χ4v) is 4.75. The standard InChI is InChI=1S/C23H40O9/c1-2-3-6-9-14-15(17(26)12-16(14)25)10-7-4-5-8-11-19(27)32-23-22(30)21(29)20(28)18(13-24)31-23/h14-16,18,20-25,28-30H,2-13H2,1H3/t14?,15?,16?,18-,20-,21+,22-,23?/m1/s1. The van der Waals surface area contributed by atoms with Crippen LogP contribution in [0.1, 0.15) is 77.6 Å². The number of carbonyl (C=O) groups excluding carboxylic acids is 2. The van der Waals surface area contributed by atoms with Crippen molar-refractivity contribution in [2.45, 2.75) is 114 Å². The number of Topliss-reactive ketones (excluding diaryl/α,β-unsaturated/α-hetero) is 1. The van der Waals surface area contributed by atoms with Gasteiger partial charge in [0.25, 0.3) is 0 Å². The third-order valence-electron chi connectivity index (χ3n) is 6.72. The molecule has 2 aliphatic rings. The van der Waals surface area contributed by atoms with Gasteiger partial charge in [0.2, 0.25) is 6.29 Å². The molecule has 4 unspecified atom stereocenters. The van der Waals surface area contributed by atoms with E-state index in [0.717, 1.165) is 51.4 Å². The van der Waals surface area contributed by atoms with E-state index in [4.69, 9.17) is 14.6 Å². The summed E-state index contributed by atoms with van der Waals surface area (Å²) in [7, 11) is 0. The number of rotatable bonds is 13. The predicted octanol–water partition coefficient (Wildman–Crippen LogP) is 0.816. The molecule has 9 heteroatoms. The van der Waals surface area contributed by atoms with Crippen molar-refractivity contribution in [1.82, 2.24) is 0 Å². The minimum absolute atomic E-state index is 0.0574. The van der Waals surface area contributed by atoms with E-state index in [-0.39, 0.29) is 30.5 Å². The van der Waals surface area contributed by atoms with Gasteiger partial charge >= 0.3 is 5.97 Å². The average Bonchev–Trinajstić information content (AvgIpc) is 3.03. The molecule has 0 aromatic heterocycles. The van der Waals surface area contributed by atoms with Gasteiger partial charge in [-0.25, -0.2) is 0 Å². The monoisotopic (exact) mass is 460 g/mol. The third-order valence-corrected chi connectivity index (χ3v) is 6.72. The van der Waals surface area contributed by atoms with Crippen LogP contribution in [0.25, 0.3) is 0 Å². The second-order valence-electron chi connectivity index (χ2n) is 9.14. The Kier molecular flexibility index (Phi) is 11.5. The fraction of sp³-hybridized carbons (Fsp3) is 0.913. The van der Waals surface area contributed by atoms with Crippen LogP contribution in [0.5, 0.6) is 0 Å². The van der Waals surface area contributed by atoms with Crippen molar-refractivity contribution in [3.63, 3.8) is 0 Å². The molecular weight excluding hydrogens is 420 g/mol. The number of esters is 1. The quantitative estimate of drug-likeness (QED) is 0.198. The Morgan fingerprint density at radius 2 is 1.66 bits per heavy atom. The zero-order chi connectivity index (χ0) is 23.7. The van der Waals surface area contributed by atoms with Crippen molar-refractivity contribution >= 4 is 11.8 Å². The highest BCUT2D eigenvalue weighted by Gasteiger charge is 2.45. The van der Waals surface area contributed by atoms with Crippen LogP contribution >= 0.6 is 0 Å². The molecule has 186 valence electrons. The first kappa shape index (κ1) is 27.1. The maximum absolute atomic E-state index is 12.2. The van der Waals surface area contributed by atoms with Crippen molar-refractivity contribution in [3.8, 4) is 0 Å². The molecule has 0 bridgehead atoms. The van der Waals surface area contributed by atoms with Crippen molar-refractivity contribution in [2.75, 3.05) is 6.61 Å². The molecule has 1 aliphatic carbocycles. The first-order chi connectivity index (χ1) is 15.3. The number of carbonyl (C=O) groups is 2. The van der Waals surface area contributed by atoms with E-state index >= 15 is 0 Å². The lowest BCUT2D eigenvalue weighted by Gasteiger charge is -2.39. The molecule has 2 rings (SSSR count). The van der Waals surface area contributed by atoms with E-state index in [9.17, 15) is 30.0 Å². The van der Waals surface area contributed by atoms with Crippen molar-refractivity contribution in [3.05, 3.63) is 0 Å². The van der Waals surface area contributed by atoms with Gasteiger partial charge in [-0.3, -0.25) is 9.59 Å². The number of hydrogen-bond donors (Lipinski definition) is 5. The van der Waals surface area contributed by atoms with Crippen LogP contribution in [-0.4, -0.2) is 80.7 Å². The lowest BCUT2D eigenvalue weighted by atomic mass is 9.85. The molecule has 0 amide bonds. The van der Waals surface area contributed by atoms with Crippen molar-refractivity contribution < 1.29 is 44.6 Å². The SMILES string of the molecule is CCCCCC1C(O)CC(=O)C1CCCCCCC(=O)OC1O[C@H](CO)[C@@H](O)[C@H](O)[C@H]1O. The summed E-state index contributed by atoms with van der Waals surface area (Å²) in [6, 6.07) is 0. The number of ether oxygens (including phenoxy) is 2. The Hall–Kier alpha value is -1.10. The summed E-state index contributed by atoms with van der Waals surface area (Å²) in [5.41, 5.74) is 0. The molecule has 5 N–H and O–H groups in total. The molecule has 0 aromatic rings. The van der Waals surface area contributed by atoms with Crippen molar-refractivity contribution in [1.29, 1.82) is 0 Å². The van der Waals surface area contributed by atoms with E-state index in [0.29, 0.717) is 6.42 Å². The topological polar surface area (TPSA) is 154 Å². The summed E-state index contributed by atoms with van der Waals surface area (Å²) in [4.78, 5) is 24.3. The summed E-state index contributed by atoms with van der Waals surface area (Å²) in [5.74, 6) is -0.415. The number of aliphatic hydroxyl groups excluding tert-OH is 5. The fourth-order valence-electron chi connectivity index (χ4n) is 4.75. The first-order valence-electron chi connectivity index (χ1n) is 12.0. The number of aliphatic hydroxyl groups is 5. The molecule has 1 saturated carbocycles. The van der Waals surface area contributed by atoms with Gasteiger partial charge in [-0.1, -0.05) is 45.4 Å². The Balaban J connectivity index is 1.64. The molecule has 2 fully saturated rings. The summed E-state index contributed by atoms with van der Waals surface area (Å²) in [5, 5.41) is 48.8. The summed E-state index contributed by atoms with van der Waals surface area (Å²) in [6.45, 7) is 1.55. The van der Waals surface area contributed by atoms with Crippen LogP contribution in [0.3, 0.4) is 0 Å². The molecule has 9 nitrogen and oxygen atoms in total. The molecule has 1 heterocycles. The number of ketones is 1. The molecule has 1 saturated heterocycles. The van der Waals surface area contributed by atoms with Crippen LogP contribution in [0.4, 0.5) is 0 Å². The van der Waals surface area contributed by atoms with Crippen LogP contribution < -0.4 is 0 Å². The Labute approximate surface area is 189 Å². The van der Waals surface area contributed by atoms with Crippen molar-refractivity contribution in [2.24, 2.45) is 11.8 Å². The van der Waals surface area contributed by atoms with Gasteiger partial charge in [0.15, 0.2) is 0 Å². The summed E-state index contributed by atoms with van der Waals surface area (Å²) >= 11 is 0. The van der Waals surface area contributed by atoms with Gasteiger partial charge in [0.05, 0.1) is 12.7 Å². The summed E-state index contributed by atoms with van der Waals surface area (Å²) in [6.07, 6.45) is 0.611. The Morgan fingerprint density at radius 3 is 2.34 bits per heavy atom. The van der Waals surface area contributed by atoms with E-state index in [1.807, 2.05) is 0 Å². The Bertz CT molecular complexity index is 582. The molecular formula is C23H40O9. The average molecular weight is 461 g/mol. The zero-order valence-electron chi connectivity index (χ0n) is 19.0. The maximum atomic E-state index is 12.2. The molecule has 32 heavy (non-hydrogen) atoms. The molecule has 0 spiro atoms. The highest BCUT2D eigenvalue weighted by molar-refractivity contribution is 5.84. The number of hydrogen-bond acceptors (Lipinski definition) is 9. The highest BCUT2D eigenvalue weighted by atomic mass is 16.7. The minimum Gasteiger partial charge on any atom is -0.433 e. The second-order valence-corrected chi connectivity index (χ2v) is 9.14. The normalized spacial score (nSPS) is 35.2. The number of unbranched alkanes of at least 4 members (excludes halogenated alkanes) is 5. The van der Waals surface area contributed by atoms with Gasteiger partial charge < -0.3 is 35.0 Å². The van der Waals surface area contributed by atoms with Gasteiger partial charge in [-0.05, 0) is 25.2 Å². The van der Waals surface area contributed by atoms with Gasteiger partial charge in [-0.15, -0.1) is 0 Å². The minimum atomic E-state index is -1.60. The second kappa shape index (κ2) is 13.6. The first-order valence-corrected chi connectivity index (χ1v) is 12.0. The zero-order valence-corrected chi connectivity index (χ0v) is 19.0. The smallest absolute Gasteiger partial charge is 0.308 e. The maximum Gasteiger partial charge on any atom is 0.308 e. The van der Waals surface area contributed by atoms with E-state index < -0.39 is 49.4 Å². The van der Waals surface area contributed by atoms with E-state index in [1.165, 1.54) is 0 Å². The molecule has 1 aliphatic heterocycles. The lowest BCUT2D eigenvalue weighted by molar-refractivity contribution is -0.292. The molecule has 0 radical (unpaired) electrons. The lowest BCUT2D eigenvalue weighted by Crippen LogP contribution is -2.59. The largest absolute Gasteiger partial charge is 0.433 e. The van der Waals surface area contributed by atoms with Crippen LogP contribution in [0.2, 0.25) is 0 Å². The third kappa shape index (κ3) is 7.46. The Morgan fingerprint density at radius 1 is 0.969 bits per heavy atom. The predicted molar refractivity (Wildman–Crippen MR) is 114 cm³/mol. The van der Waals surface area contributed by atoms with Crippen LogP contribution in [-0.2, 0) is 19.1 Å². The van der Waals surface area contributed by atoms with Gasteiger partial charge in [-0.2, -0.15) is 0 Å². The van der Waals surface area contributed by atoms with Gasteiger partial charge in [0.1, 0.15) is 30.2 Å². The van der Waals surface area contributed by atoms with Crippen LogP contribution in [0, 0.1) is 11.8 Å².